The molecule has 102 valence electrons. The van der Waals surface area contributed by atoms with Crippen LogP contribution in [0.5, 0.6) is 5.75 Å². The number of hydrogen-bond donors (Lipinski definition) is 0. The predicted molar refractivity (Wildman–Crippen MR) is 76.2 cm³/mol. The molecule has 0 bridgehead atoms. The Morgan fingerprint density at radius 1 is 1.20 bits per heavy atom. The minimum Gasteiger partial charge on any atom is -0.494 e. The third kappa shape index (κ3) is 3.07. The van der Waals surface area contributed by atoms with Crippen LogP contribution >= 0.6 is 0 Å². The number of halogens is 1. The van der Waals surface area contributed by atoms with Gasteiger partial charge < -0.3 is 9.64 Å². The Hall–Kier alpha value is -2.54. The second kappa shape index (κ2) is 6.07. The van der Waals surface area contributed by atoms with E-state index in [1.54, 1.807) is 18.2 Å². The highest BCUT2D eigenvalue weighted by atomic mass is 19.1. The lowest BCUT2D eigenvalue weighted by molar-refractivity contribution is 0.386. The highest BCUT2D eigenvalue weighted by molar-refractivity contribution is 5.49. The zero-order valence-electron chi connectivity index (χ0n) is 11.4. The molecule has 0 saturated carbocycles. The Morgan fingerprint density at radius 3 is 2.45 bits per heavy atom. The number of anilines is 1. The molecule has 3 nitrogen and oxygen atoms in total. The van der Waals surface area contributed by atoms with Gasteiger partial charge in [0.05, 0.1) is 18.7 Å². The summed E-state index contributed by atoms with van der Waals surface area (Å²) in [6.07, 6.45) is 0. The molecule has 0 aromatic heterocycles. The maximum absolute atomic E-state index is 13.6. The average Bonchev–Trinajstić information content (AvgIpc) is 2.47. The van der Waals surface area contributed by atoms with Crippen molar-refractivity contribution in [3.8, 4) is 11.8 Å². The number of ether oxygens (including phenoxy) is 1. The molecule has 0 spiro atoms. The lowest BCUT2D eigenvalue weighted by Gasteiger charge is -2.19. The van der Waals surface area contributed by atoms with Crippen LogP contribution in [0.4, 0.5) is 10.1 Å². The Bertz CT molecular complexity index is 632. The molecule has 0 radical (unpaired) electrons. The van der Waals surface area contributed by atoms with E-state index in [2.05, 4.69) is 6.07 Å². The number of methoxy groups -OCH3 is 1. The molecular weight excluding hydrogens is 255 g/mol. The zero-order chi connectivity index (χ0) is 14.5. The van der Waals surface area contributed by atoms with E-state index in [1.807, 2.05) is 30.1 Å². The van der Waals surface area contributed by atoms with Crippen molar-refractivity contribution in [2.75, 3.05) is 19.1 Å². The van der Waals surface area contributed by atoms with Crippen molar-refractivity contribution < 1.29 is 9.13 Å². The number of rotatable bonds is 4. The molecule has 0 heterocycles. The van der Waals surface area contributed by atoms with Crippen molar-refractivity contribution in [2.45, 2.75) is 6.54 Å². The van der Waals surface area contributed by atoms with E-state index in [4.69, 9.17) is 10.00 Å². The fourth-order valence-electron chi connectivity index (χ4n) is 1.96. The van der Waals surface area contributed by atoms with Gasteiger partial charge in [-0.2, -0.15) is 5.26 Å². The third-order valence-electron chi connectivity index (χ3n) is 3.07. The van der Waals surface area contributed by atoms with Gasteiger partial charge >= 0.3 is 0 Å². The highest BCUT2D eigenvalue weighted by Gasteiger charge is 2.06. The van der Waals surface area contributed by atoms with Crippen LogP contribution in [0.15, 0.2) is 42.5 Å². The first kappa shape index (κ1) is 13.9. The van der Waals surface area contributed by atoms with E-state index in [-0.39, 0.29) is 11.6 Å². The van der Waals surface area contributed by atoms with Gasteiger partial charge in [-0.1, -0.05) is 6.07 Å². The molecule has 0 N–H and O–H groups in total. The topological polar surface area (TPSA) is 36.3 Å². The molecule has 4 heteroatoms. The van der Waals surface area contributed by atoms with Gasteiger partial charge in [-0.3, -0.25) is 0 Å². The first-order valence-corrected chi connectivity index (χ1v) is 6.17. The summed E-state index contributed by atoms with van der Waals surface area (Å²) in [5.74, 6) is -0.118. The molecular formula is C16H15FN2O. The summed E-state index contributed by atoms with van der Waals surface area (Å²) in [6, 6.07) is 14.3. The van der Waals surface area contributed by atoms with Gasteiger partial charge in [0.1, 0.15) is 0 Å². The van der Waals surface area contributed by atoms with Crippen LogP contribution in [0.2, 0.25) is 0 Å². The van der Waals surface area contributed by atoms with E-state index in [1.165, 1.54) is 13.2 Å². The smallest absolute Gasteiger partial charge is 0.165 e. The normalized spacial score (nSPS) is 9.90. The van der Waals surface area contributed by atoms with Gasteiger partial charge in [0.25, 0.3) is 0 Å². The molecule has 0 fully saturated rings. The van der Waals surface area contributed by atoms with Crippen molar-refractivity contribution in [1.82, 2.24) is 0 Å². The first-order valence-electron chi connectivity index (χ1n) is 6.17. The van der Waals surface area contributed by atoms with Gasteiger partial charge in [-0.05, 0) is 42.0 Å². The summed E-state index contributed by atoms with van der Waals surface area (Å²) in [6.45, 7) is 0.576. The molecule has 2 aromatic carbocycles. The minimum atomic E-state index is -0.363. The fourth-order valence-corrected chi connectivity index (χ4v) is 1.96. The van der Waals surface area contributed by atoms with Crippen LogP contribution in [0.25, 0.3) is 0 Å². The Morgan fingerprint density at radius 2 is 1.90 bits per heavy atom. The maximum atomic E-state index is 13.6. The summed E-state index contributed by atoms with van der Waals surface area (Å²) >= 11 is 0. The predicted octanol–water partition coefficient (Wildman–Crippen LogP) is 3.34. The summed E-state index contributed by atoms with van der Waals surface area (Å²) in [4.78, 5) is 1.99. The summed E-state index contributed by atoms with van der Waals surface area (Å²) in [5, 5.41) is 8.77. The summed E-state index contributed by atoms with van der Waals surface area (Å²) < 4.78 is 18.5. The molecule has 20 heavy (non-hydrogen) atoms. The second-order valence-electron chi connectivity index (χ2n) is 4.48. The highest BCUT2D eigenvalue weighted by Crippen LogP contribution is 2.20. The molecule has 0 amide bonds. The lowest BCUT2D eigenvalue weighted by atomic mass is 10.1. The van der Waals surface area contributed by atoms with E-state index in [0.717, 1.165) is 11.3 Å². The Kier molecular flexibility index (Phi) is 4.21. The Labute approximate surface area is 117 Å². The standard InChI is InChI=1S/C16H15FN2O/c1-19(14-6-3-12(10-18)4-7-14)11-13-5-8-16(20-2)15(17)9-13/h3-9H,11H2,1-2H3. The van der Waals surface area contributed by atoms with Crippen molar-refractivity contribution in [3.63, 3.8) is 0 Å². The molecule has 2 aromatic rings. The zero-order valence-corrected chi connectivity index (χ0v) is 11.4. The monoisotopic (exact) mass is 270 g/mol. The van der Waals surface area contributed by atoms with Crippen LogP contribution in [-0.2, 0) is 6.54 Å². The van der Waals surface area contributed by atoms with Crippen molar-refractivity contribution in [2.24, 2.45) is 0 Å². The average molecular weight is 270 g/mol. The third-order valence-corrected chi connectivity index (χ3v) is 3.07. The molecule has 0 aliphatic heterocycles. The van der Waals surface area contributed by atoms with Gasteiger partial charge in [-0.15, -0.1) is 0 Å². The van der Waals surface area contributed by atoms with Crippen molar-refractivity contribution >= 4 is 5.69 Å². The van der Waals surface area contributed by atoms with Crippen LogP contribution in [0.1, 0.15) is 11.1 Å². The SMILES string of the molecule is COc1ccc(CN(C)c2ccc(C#N)cc2)cc1F. The van der Waals surface area contributed by atoms with Crippen LogP contribution in [-0.4, -0.2) is 14.2 Å². The van der Waals surface area contributed by atoms with E-state index in [0.29, 0.717) is 12.1 Å². The van der Waals surface area contributed by atoms with Crippen molar-refractivity contribution in [3.05, 3.63) is 59.4 Å². The first-order chi connectivity index (χ1) is 9.63. The molecule has 0 unspecified atom stereocenters. The molecule has 0 aliphatic carbocycles. The molecule has 0 atom stereocenters. The van der Waals surface area contributed by atoms with Gasteiger partial charge in [0.2, 0.25) is 0 Å². The van der Waals surface area contributed by atoms with E-state index in [9.17, 15) is 4.39 Å². The second-order valence-corrected chi connectivity index (χ2v) is 4.48. The minimum absolute atomic E-state index is 0.245. The van der Waals surface area contributed by atoms with Gasteiger partial charge in [-0.25, -0.2) is 4.39 Å². The molecule has 0 aliphatic rings. The number of benzene rings is 2. The molecule has 2 rings (SSSR count). The largest absolute Gasteiger partial charge is 0.494 e. The number of nitriles is 1. The summed E-state index contributed by atoms with van der Waals surface area (Å²) in [7, 11) is 3.37. The van der Waals surface area contributed by atoms with E-state index < -0.39 is 0 Å². The maximum Gasteiger partial charge on any atom is 0.165 e. The fraction of sp³-hybridized carbons (Fsp3) is 0.188. The van der Waals surface area contributed by atoms with Crippen LogP contribution in [0, 0.1) is 17.1 Å². The van der Waals surface area contributed by atoms with Gasteiger partial charge in [0.15, 0.2) is 11.6 Å². The van der Waals surface area contributed by atoms with Crippen LogP contribution in [0.3, 0.4) is 0 Å². The number of hydrogen-bond acceptors (Lipinski definition) is 3. The lowest BCUT2D eigenvalue weighted by Crippen LogP contribution is -2.16. The van der Waals surface area contributed by atoms with Crippen LogP contribution < -0.4 is 9.64 Å². The Balaban J connectivity index is 2.12. The molecule has 0 saturated heterocycles. The van der Waals surface area contributed by atoms with Crippen molar-refractivity contribution in [1.29, 1.82) is 5.26 Å². The van der Waals surface area contributed by atoms with Gasteiger partial charge in [0, 0.05) is 19.3 Å². The van der Waals surface area contributed by atoms with E-state index >= 15 is 0 Å². The number of nitrogens with zero attached hydrogens (tertiary/aromatic N) is 2. The summed E-state index contributed by atoms with van der Waals surface area (Å²) in [5.41, 5.74) is 2.45. The quantitative estimate of drug-likeness (QED) is 0.855.